The first-order chi connectivity index (χ1) is 8.98. The van der Waals surface area contributed by atoms with Crippen LogP contribution in [0.25, 0.3) is 0 Å². The van der Waals surface area contributed by atoms with Crippen LogP contribution >= 0.6 is 0 Å². The normalized spacial score (nSPS) is 29.1. The summed E-state index contributed by atoms with van der Waals surface area (Å²) in [5.41, 5.74) is -0.0930. The molecule has 2 fully saturated rings. The van der Waals surface area contributed by atoms with E-state index >= 15 is 0 Å². The number of aliphatic carboxylic acids is 1. The predicted octanol–water partition coefficient (Wildman–Crippen LogP) is 1.25. The van der Waals surface area contributed by atoms with E-state index in [1.54, 1.807) is 0 Å². The highest BCUT2D eigenvalue weighted by molar-refractivity contribution is 5.75. The third kappa shape index (κ3) is 3.83. The van der Waals surface area contributed by atoms with Crippen molar-refractivity contribution in [2.45, 2.75) is 63.2 Å². The molecule has 0 bridgehead atoms. The third-order valence-electron chi connectivity index (χ3n) is 4.00. The fourth-order valence-electron chi connectivity index (χ4n) is 2.84. The molecule has 1 saturated carbocycles. The summed E-state index contributed by atoms with van der Waals surface area (Å²) in [5.74, 6) is -0.926. The molecule has 2 atom stereocenters. The van der Waals surface area contributed by atoms with Crippen molar-refractivity contribution in [1.29, 1.82) is 0 Å². The second-order valence-corrected chi connectivity index (χ2v) is 5.77. The summed E-state index contributed by atoms with van der Waals surface area (Å²) >= 11 is 0. The van der Waals surface area contributed by atoms with Gasteiger partial charge >= 0.3 is 12.0 Å². The smallest absolute Gasteiger partial charge is 0.332 e. The van der Waals surface area contributed by atoms with Crippen LogP contribution < -0.4 is 10.6 Å². The Morgan fingerprint density at radius 1 is 1.32 bits per heavy atom. The zero-order valence-electron chi connectivity index (χ0n) is 11.3. The highest BCUT2D eigenvalue weighted by Gasteiger charge is 2.32. The maximum atomic E-state index is 11.8. The van der Waals surface area contributed by atoms with Gasteiger partial charge in [0.25, 0.3) is 0 Å². The van der Waals surface area contributed by atoms with E-state index in [-0.39, 0.29) is 17.7 Å². The molecule has 2 aliphatic rings. The Morgan fingerprint density at radius 3 is 2.58 bits per heavy atom. The summed E-state index contributed by atoms with van der Waals surface area (Å²) in [5, 5.41) is 14.6. The molecule has 6 nitrogen and oxygen atoms in total. The van der Waals surface area contributed by atoms with E-state index < -0.39 is 12.1 Å². The van der Waals surface area contributed by atoms with Crippen LogP contribution in [0.3, 0.4) is 0 Å². The number of hydrogen-bond donors (Lipinski definition) is 3. The molecule has 0 aromatic carbocycles. The molecule has 3 N–H and O–H groups in total. The summed E-state index contributed by atoms with van der Waals surface area (Å²) in [6, 6.07) is -0.188. The average Bonchev–Trinajstić information content (AvgIpc) is 2.95. The number of hydrogen-bond acceptors (Lipinski definition) is 3. The summed E-state index contributed by atoms with van der Waals surface area (Å²) < 4.78 is 5.33. The van der Waals surface area contributed by atoms with Gasteiger partial charge in [-0.1, -0.05) is 12.8 Å². The summed E-state index contributed by atoms with van der Waals surface area (Å²) in [7, 11) is 0. The Hall–Kier alpha value is -1.30. The molecule has 1 aliphatic heterocycles. The van der Waals surface area contributed by atoms with Crippen molar-refractivity contribution in [2.75, 3.05) is 6.54 Å². The van der Waals surface area contributed by atoms with Crippen LogP contribution in [0.5, 0.6) is 0 Å². The summed E-state index contributed by atoms with van der Waals surface area (Å²) in [4.78, 5) is 22.5. The third-order valence-corrected chi connectivity index (χ3v) is 4.00. The zero-order valence-corrected chi connectivity index (χ0v) is 11.3. The lowest BCUT2D eigenvalue weighted by atomic mass is 10.0. The van der Waals surface area contributed by atoms with Gasteiger partial charge in [0.2, 0.25) is 0 Å². The Balaban J connectivity index is 1.68. The molecule has 0 aromatic rings. The molecule has 19 heavy (non-hydrogen) atoms. The Labute approximate surface area is 112 Å². The van der Waals surface area contributed by atoms with Gasteiger partial charge in [-0.25, -0.2) is 9.59 Å². The van der Waals surface area contributed by atoms with Crippen LogP contribution in [0.1, 0.15) is 45.4 Å². The van der Waals surface area contributed by atoms with Crippen molar-refractivity contribution < 1.29 is 19.4 Å². The fraction of sp³-hybridized carbons (Fsp3) is 0.846. The summed E-state index contributed by atoms with van der Waals surface area (Å²) in [6.07, 6.45) is 4.62. The van der Waals surface area contributed by atoms with Crippen LogP contribution in [0.2, 0.25) is 0 Å². The predicted molar refractivity (Wildman–Crippen MR) is 68.9 cm³/mol. The highest BCUT2D eigenvalue weighted by Crippen LogP contribution is 2.28. The lowest BCUT2D eigenvalue weighted by molar-refractivity contribution is -0.149. The van der Waals surface area contributed by atoms with Crippen molar-refractivity contribution in [3.63, 3.8) is 0 Å². The fourth-order valence-corrected chi connectivity index (χ4v) is 2.84. The number of nitrogens with one attached hydrogen (secondary N) is 2. The van der Waals surface area contributed by atoms with Gasteiger partial charge in [-0.15, -0.1) is 0 Å². The van der Waals surface area contributed by atoms with Gasteiger partial charge in [0.15, 0.2) is 6.10 Å². The SMILES string of the molecule is CC1(NC(=O)NCC2CCC(C(=O)O)O2)CCCC1. The molecule has 0 aromatic heterocycles. The second kappa shape index (κ2) is 5.77. The van der Waals surface area contributed by atoms with Crippen molar-refractivity contribution in [3.05, 3.63) is 0 Å². The van der Waals surface area contributed by atoms with Crippen LogP contribution in [-0.4, -0.2) is 41.4 Å². The van der Waals surface area contributed by atoms with Crippen LogP contribution in [0, 0.1) is 0 Å². The number of carboxylic acid groups (broad SMARTS) is 1. The first kappa shape index (κ1) is 14.1. The van der Waals surface area contributed by atoms with Gasteiger partial charge < -0.3 is 20.5 Å². The molecular formula is C13H22N2O4. The summed E-state index contributed by atoms with van der Waals surface area (Å²) in [6.45, 7) is 2.43. The number of carboxylic acids is 1. The molecule has 0 spiro atoms. The molecule has 2 unspecified atom stereocenters. The molecule has 0 radical (unpaired) electrons. The monoisotopic (exact) mass is 270 g/mol. The molecular weight excluding hydrogens is 248 g/mol. The van der Waals surface area contributed by atoms with Crippen molar-refractivity contribution >= 4 is 12.0 Å². The van der Waals surface area contributed by atoms with Crippen molar-refractivity contribution in [1.82, 2.24) is 10.6 Å². The number of ether oxygens (including phenoxy) is 1. The maximum Gasteiger partial charge on any atom is 0.332 e. The first-order valence-corrected chi connectivity index (χ1v) is 6.93. The van der Waals surface area contributed by atoms with E-state index in [1.807, 2.05) is 0 Å². The maximum absolute atomic E-state index is 11.8. The minimum atomic E-state index is -0.926. The number of urea groups is 1. The molecule has 1 aliphatic carbocycles. The Kier molecular flexibility index (Phi) is 4.29. The molecule has 6 heteroatoms. The average molecular weight is 270 g/mol. The molecule has 108 valence electrons. The van der Waals surface area contributed by atoms with Crippen LogP contribution in [0.4, 0.5) is 4.79 Å². The Bertz CT molecular complexity index is 353. The van der Waals surface area contributed by atoms with Crippen molar-refractivity contribution in [2.24, 2.45) is 0 Å². The highest BCUT2D eigenvalue weighted by atomic mass is 16.5. The van der Waals surface area contributed by atoms with Gasteiger partial charge in [-0.3, -0.25) is 0 Å². The van der Waals surface area contributed by atoms with Crippen LogP contribution in [0.15, 0.2) is 0 Å². The quantitative estimate of drug-likeness (QED) is 0.717. The largest absolute Gasteiger partial charge is 0.479 e. The Morgan fingerprint density at radius 2 is 2.00 bits per heavy atom. The molecule has 1 saturated heterocycles. The topological polar surface area (TPSA) is 87.7 Å². The standard InChI is InChI=1S/C13H22N2O4/c1-13(6-2-3-7-13)15-12(18)14-8-9-4-5-10(19-9)11(16)17/h9-10H,2-8H2,1H3,(H,16,17)(H2,14,15,18). The van der Waals surface area contributed by atoms with E-state index in [0.717, 1.165) is 25.7 Å². The van der Waals surface area contributed by atoms with Gasteiger partial charge in [-0.2, -0.15) is 0 Å². The van der Waals surface area contributed by atoms with Gasteiger partial charge in [-0.05, 0) is 32.6 Å². The molecule has 2 rings (SSSR count). The number of amides is 2. The van der Waals surface area contributed by atoms with E-state index in [9.17, 15) is 9.59 Å². The van der Waals surface area contributed by atoms with Crippen molar-refractivity contribution in [3.8, 4) is 0 Å². The van der Waals surface area contributed by atoms with E-state index in [4.69, 9.17) is 9.84 Å². The van der Waals surface area contributed by atoms with Gasteiger partial charge in [0.05, 0.1) is 6.10 Å². The van der Waals surface area contributed by atoms with E-state index in [0.29, 0.717) is 19.4 Å². The number of rotatable bonds is 4. The first-order valence-electron chi connectivity index (χ1n) is 6.93. The minimum Gasteiger partial charge on any atom is -0.479 e. The molecule has 1 heterocycles. The lowest BCUT2D eigenvalue weighted by Crippen LogP contribution is -2.50. The van der Waals surface area contributed by atoms with E-state index in [2.05, 4.69) is 17.6 Å². The minimum absolute atomic E-state index is 0.0930. The zero-order chi connectivity index (χ0) is 13.9. The number of carbonyl (C=O) groups excluding carboxylic acids is 1. The van der Waals surface area contributed by atoms with Gasteiger partial charge in [0, 0.05) is 12.1 Å². The number of carbonyl (C=O) groups is 2. The van der Waals surface area contributed by atoms with Crippen LogP contribution in [-0.2, 0) is 9.53 Å². The van der Waals surface area contributed by atoms with Gasteiger partial charge in [0.1, 0.15) is 0 Å². The lowest BCUT2D eigenvalue weighted by Gasteiger charge is -2.25. The molecule has 2 amide bonds. The van der Waals surface area contributed by atoms with E-state index in [1.165, 1.54) is 0 Å². The second-order valence-electron chi connectivity index (χ2n) is 5.77.